The number of carbonyl (C=O) groups is 2. The van der Waals surface area contributed by atoms with Gasteiger partial charge in [0, 0.05) is 34.5 Å². The van der Waals surface area contributed by atoms with Crippen LogP contribution in [0.3, 0.4) is 0 Å². The highest BCUT2D eigenvalue weighted by Crippen LogP contribution is 2.42. The molecule has 5 rings (SSSR count). The molecule has 0 aliphatic carbocycles. The van der Waals surface area contributed by atoms with Gasteiger partial charge in [0.2, 0.25) is 0 Å². The molecule has 3 N–H and O–H groups in total. The Morgan fingerprint density at radius 3 is 2.53 bits per heavy atom. The van der Waals surface area contributed by atoms with Gasteiger partial charge in [-0.3, -0.25) is 14.9 Å². The maximum absolute atomic E-state index is 12.8. The van der Waals surface area contributed by atoms with Gasteiger partial charge in [0.15, 0.2) is 0 Å². The Kier molecular flexibility index (Phi) is 4.89. The van der Waals surface area contributed by atoms with Crippen LogP contribution in [0.25, 0.3) is 32.9 Å². The average molecular weight is 451 g/mol. The predicted octanol–water partition coefficient (Wildman–Crippen LogP) is 3.27. The van der Waals surface area contributed by atoms with Gasteiger partial charge in [0.25, 0.3) is 11.8 Å². The lowest BCUT2D eigenvalue weighted by molar-refractivity contribution is 0.0536. The fourth-order valence-corrected chi connectivity index (χ4v) is 4.49. The molecule has 0 saturated heterocycles. The lowest BCUT2D eigenvalue weighted by atomic mass is 9.93. The van der Waals surface area contributed by atoms with Crippen molar-refractivity contribution in [2.45, 2.75) is 6.10 Å². The Balaban J connectivity index is 1.79. The number of imide groups is 1. The fraction of sp³-hybridized carbons (Fsp3) is 0.167. The molecule has 2 amide bonds. The van der Waals surface area contributed by atoms with Crippen LogP contribution in [0.1, 0.15) is 20.7 Å². The number of benzene rings is 3. The number of aryl methyl sites for hydroxylation is 1. The van der Waals surface area contributed by atoms with Crippen molar-refractivity contribution in [3.63, 3.8) is 0 Å². The highest BCUT2D eigenvalue weighted by molar-refractivity contribution is 6.36. The largest absolute Gasteiger partial charge is 0.491 e. The van der Waals surface area contributed by atoms with Crippen LogP contribution in [0, 0.1) is 0 Å². The lowest BCUT2D eigenvalue weighted by Crippen LogP contribution is -2.21. The molecule has 0 radical (unpaired) electrons. The van der Waals surface area contributed by atoms with Gasteiger partial charge in [-0.2, -0.15) is 0 Å². The van der Waals surface area contributed by atoms with E-state index in [0.717, 1.165) is 16.4 Å². The van der Waals surface area contributed by atoms with E-state index in [1.807, 2.05) is 41.9 Å². The number of amides is 2. The molecule has 0 bridgehead atoms. The van der Waals surface area contributed by atoms with Gasteiger partial charge in [-0.25, -0.2) is 0 Å². The van der Waals surface area contributed by atoms with Gasteiger partial charge in [0.05, 0.1) is 28.8 Å². The number of halogens is 1. The molecule has 2 heterocycles. The van der Waals surface area contributed by atoms with E-state index < -0.39 is 24.5 Å². The molecule has 32 heavy (non-hydrogen) atoms. The number of hydrogen-bond donors (Lipinski definition) is 3. The Morgan fingerprint density at radius 2 is 1.78 bits per heavy atom. The molecule has 8 heteroatoms. The van der Waals surface area contributed by atoms with E-state index in [0.29, 0.717) is 38.4 Å². The van der Waals surface area contributed by atoms with Gasteiger partial charge in [-0.1, -0.05) is 29.8 Å². The number of aromatic nitrogens is 1. The fourth-order valence-electron chi connectivity index (χ4n) is 4.25. The zero-order chi connectivity index (χ0) is 22.6. The molecular formula is C24H19ClN2O5. The van der Waals surface area contributed by atoms with Gasteiger partial charge < -0.3 is 19.5 Å². The number of fused-ring (bicyclic) bond motifs is 5. The van der Waals surface area contributed by atoms with E-state index in [1.165, 1.54) is 0 Å². The predicted molar refractivity (Wildman–Crippen MR) is 121 cm³/mol. The summed E-state index contributed by atoms with van der Waals surface area (Å²) in [7, 11) is 1.87. The number of carbonyl (C=O) groups excluding carboxylic acids is 2. The normalized spacial score (nSPS) is 14.1. The third-order valence-corrected chi connectivity index (χ3v) is 6.10. The van der Waals surface area contributed by atoms with Gasteiger partial charge in [0.1, 0.15) is 18.5 Å². The molecule has 0 spiro atoms. The van der Waals surface area contributed by atoms with Gasteiger partial charge >= 0.3 is 0 Å². The summed E-state index contributed by atoms with van der Waals surface area (Å²) in [5, 5.41) is 22.9. The van der Waals surface area contributed by atoms with Crippen molar-refractivity contribution in [3.8, 4) is 16.9 Å². The summed E-state index contributed by atoms with van der Waals surface area (Å²) in [6.45, 7) is -0.439. The number of aliphatic hydroxyl groups excluding tert-OH is 2. The molecule has 0 saturated carbocycles. The summed E-state index contributed by atoms with van der Waals surface area (Å²) in [6, 6.07) is 14.4. The van der Waals surface area contributed by atoms with Gasteiger partial charge in [-0.15, -0.1) is 0 Å². The maximum atomic E-state index is 12.8. The Hall–Kier alpha value is -3.39. The summed E-state index contributed by atoms with van der Waals surface area (Å²) in [5.41, 5.74) is 3.47. The Labute approximate surface area is 187 Å². The second kappa shape index (κ2) is 7.63. The van der Waals surface area contributed by atoms with Crippen molar-refractivity contribution in [1.82, 2.24) is 9.88 Å². The summed E-state index contributed by atoms with van der Waals surface area (Å²) < 4.78 is 7.51. The molecule has 162 valence electrons. The van der Waals surface area contributed by atoms with Crippen molar-refractivity contribution in [3.05, 3.63) is 64.7 Å². The zero-order valence-corrected chi connectivity index (χ0v) is 17.8. The van der Waals surface area contributed by atoms with Crippen molar-refractivity contribution >= 4 is 45.2 Å². The maximum Gasteiger partial charge on any atom is 0.259 e. The van der Waals surface area contributed by atoms with Crippen molar-refractivity contribution < 1.29 is 24.5 Å². The molecular weight excluding hydrogens is 432 g/mol. The van der Waals surface area contributed by atoms with E-state index in [-0.39, 0.29) is 6.61 Å². The van der Waals surface area contributed by atoms with E-state index in [2.05, 4.69) is 5.32 Å². The topological polar surface area (TPSA) is 101 Å². The molecule has 1 aromatic heterocycles. The van der Waals surface area contributed by atoms with E-state index in [1.54, 1.807) is 18.2 Å². The molecule has 1 aliphatic rings. The minimum atomic E-state index is -0.977. The van der Waals surface area contributed by atoms with E-state index in [9.17, 15) is 14.7 Å². The molecule has 1 aliphatic heterocycles. The first-order valence-corrected chi connectivity index (χ1v) is 10.4. The molecule has 1 atom stereocenters. The van der Waals surface area contributed by atoms with E-state index >= 15 is 0 Å². The number of rotatable bonds is 5. The van der Waals surface area contributed by atoms with Crippen molar-refractivity contribution in [2.75, 3.05) is 13.2 Å². The van der Waals surface area contributed by atoms with Gasteiger partial charge in [-0.05, 0) is 29.8 Å². The molecule has 4 aromatic rings. The van der Waals surface area contributed by atoms with Crippen LogP contribution in [-0.4, -0.2) is 45.9 Å². The number of nitrogens with zero attached hydrogens (tertiary/aromatic N) is 1. The summed E-state index contributed by atoms with van der Waals surface area (Å²) in [6.07, 6.45) is -0.977. The number of nitrogens with one attached hydrogen (secondary N) is 1. The monoisotopic (exact) mass is 450 g/mol. The number of hydrogen-bond acceptors (Lipinski definition) is 5. The van der Waals surface area contributed by atoms with Crippen LogP contribution < -0.4 is 10.1 Å². The molecule has 3 aromatic carbocycles. The number of ether oxygens (including phenoxy) is 1. The first-order chi connectivity index (χ1) is 15.4. The van der Waals surface area contributed by atoms with Crippen LogP contribution >= 0.6 is 11.6 Å². The lowest BCUT2D eigenvalue weighted by Gasteiger charge is -2.10. The Morgan fingerprint density at radius 1 is 1.03 bits per heavy atom. The highest BCUT2D eigenvalue weighted by atomic mass is 35.5. The minimum absolute atomic E-state index is 0.0467. The molecule has 1 unspecified atom stereocenters. The van der Waals surface area contributed by atoms with E-state index in [4.69, 9.17) is 21.4 Å². The number of aliphatic hydroxyl groups is 2. The first kappa shape index (κ1) is 20.5. The second-order valence-corrected chi connectivity index (χ2v) is 8.12. The average Bonchev–Trinajstić information content (AvgIpc) is 3.25. The standard InChI is InChI=1S/C24H19ClN2O5/c1-27-18-8-13(32-11-12(29)10-28)6-7-15(18)20-19(27)9-16(14-4-2-3-5-17(14)25)21-22(20)24(31)26-23(21)30/h2-9,12,28-29H,10-11H2,1H3,(H,26,30,31). The van der Waals surface area contributed by atoms with Crippen LogP contribution in [0.2, 0.25) is 5.02 Å². The summed E-state index contributed by atoms with van der Waals surface area (Å²) >= 11 is 6.43. The third-order valence-electron chi connectivity index (χ3n) is 5.77. The second-order valence-electron chi connectivity index (χ2n) is 7.72. The molecule has 0 fully saturated rings. The molecule has 7 nitrogen and oxygen atoms in total. The zero-order valence-electron chi connectivity index (χ0n) is 17.1. The van der Waals surface area contributed by atoms with Crippen molar-refractivity contribution in [1.29, 1.82) is 0 Å². The van der Waals surface area contributed by atoms with Crippen molar-refractivity contribution in [2.24, 2.45) is 7.05 Å². The third kappa shape index (κ3) is 3.05. The summed E-state index contributed by atoms with van der Waals surface area (Å²) in [4.78, 5) is 25.6. The highest BCUT2D eigenvalue weighted by Gasteiger charge is 2.34. The minimum Gasteiger partial charge on any atom is -0.491 e. The SMILES string of the molecule is Cn1c2cc(OCC(O)CO)ccc2c2c3c(c(-c4ccccc4Cl)cc21)C(=O)NC3=O. The first-order valence-electron chi connectivity index (χ1n) is 10.0. The Bertz CT molecular complexity index is 1430. The van der Waals surface area contributed by atoms with Crippen LogP contribution in [0.15, 0.2) is 48.5 Å². The quantitative estimate of drug-likeness (QED) is 0.405. The smallest absolute Gasteiger partial charge is 0.259 e. The van der Waals surface area contributed by atoms with Crippen LogP contribution in [0.5, 0.6) is 5.75 Å². The van der Waals surface area contributed by atoms with Crippen LogP contribution in [-0.2, 0) is 7.05 Å². The van der Waals surface area contributed by atoms with Crippen LogP contribution in [0.4, 0.5) is 0 Å². The summed E-state index contributed by atoms with van der Waals surface area (Å²) in [5.74, 6) is -0.376.